The highest BCUT2D eigenvalue weighted by Crippen LogP contribution is 2.21. The van der Waals surface area contributed by atoms with Crippen LogP contribution in [-0.4, -0.2) is 16.5 Å². The van der Waals surface area contributed by atoms with Crippen LogP contribution in [0.4, 0.5) is 5.82 Å². The molecule has 18 heavy (non-hydrogen) atoms. The van der Waals surface area contributed by atoms with E-state index in [4.69, 9.17) is 11.6 Å². The molecule has 2 heterocycles. The number of pyridine rings is 2. The summed E-state index contributed by atoms with van der Waals surface area (Å²) in [7, 11) is 0. The van der Waals surface area contributed by atoms with Gasteiger partial charge < -0.3 is 5.32 Å². The van der Waals surface area contributed by atoms with Crippen molar-refractivity contribution >= 4 is 29.2 Å². The van der Waals surface area contributed by atoms with Gasteiger partial charge in [-0.3, -0.25) is 0 Å². The maximum atomic E-state index is 5.79. The van der Waals surface area contributed by atoms with E-state index in [-0.39, 0.29) is 0 Å². The van der Waals surface area contributed by atoms with Crippen LogP contribution in [0.3, 0.4) is 0 Å². The molecule has 0 aliphatic carbocycles. The van der Waals surface area contributed by atoms with Crippen LogP contribution in [0, 0.1) is 0 Å². The molecule has 2 aromatic heterocycles. The fraction of sp³-hybridized carbons (Fsp3) is 0.231. The molecule has 0 aliphatic rings. The molecule has 0 radical (unpaired) electrons. The Morgan fingerprint density at radius 2 is 2.06 bits per heavy atom. The zero-order valence-electron chi connectivity index (χ0n) is 10.1. The maximum Gasteiger partial charge on any atom is 0.125 e. The van der Waals surface area contributed by atoms with E-state index >= 15 is 0 Å². The standard InChI is InChI=1S/C13H14ClN3S/c1-2-15-12-5-3-10(7-16-12)9-18-13-6-4-11(14)8-17-13/h3-8H,2,9H2,1H3,(H,15,16). The van der Waals surface area contributed by atoms with Crippen LogP contribution < -0.4 is 5.32 Å². The molecule has 0 unspecified atom stereocenters. The van der Waals surface area contributed by atoms with Gasteiger partial charge in [0, 0.05) is 24.7 Å². The van der Waals surface area contributed by atoms with Crippen LogP contribution in [-0.2, 0) is 5.75 Å². The molecule has 0 saturated carbocycles. The third-order valence-electron chi connectivity index (χ3n) is 2.27. The zero-order chi connectivity index (χ0) is 12.8. The molecule has 94 valence electrons. The van der Waals surface area contributed by atoms with Crippen molar-refractivity contribution in [3.8, 4) is 0 Å². The van der Waals surface area contributed by atoms with E-state index in [0.29, 0.717) is 5.02 Å². The van der Waals surface area contributed by atoms with Crippen molar-refractivity contribution in [3.63, 3.8) is 0 Å². The quantitative estimate of drug-likeness (QED) is 0.844. The number of nitrogens with one attached hydrogen (secondary N) is 1. The van der Waals surface area contributed by atoms with Gasteiger partial charge in [-0.25, -0.2) is 9.97 Å². The maximum absolute atomic E-state index is 5.79. The van der Waals surface area contributed by atoms with Gasteiger partial charge in [0.1, 0.15) is 5.82 Å². The Kier molecular flexibility index (Phi) is 4.84. The highest BCUT2D eigenvalue weighted by Gasteiger charge is 1.99. The first-order valence-electron chi connectivity index (χ1n) is 5.71. The van der Waals surface area contributed by atoms with Crippen LogP contribution in [0.5, 0.6) is 0 Å². The van der Waals surface area contributed by atoms with Crippen molar-refractivity contribution in [2.24, 2.45) is 0 Å². The van der Waals surface area contributed by atoms with Crippen molar-refractivity contribution in [3.05, 3.63) is 47.2 Å². The van der Waals surface area contributed by atoms with Gasteiger partial charge in [-0.15, -0.1) is 11.8 Å². The zero-order valence-corrected chi connectivity index (χ0v) is 11.6. The second kappa shape index (κ2) is 6.61. The van der Waals surface area contributed by atoms with E-state index in [0.717, 1.165) is 23.1 Å². The number of anilines is 1. The van der Waals surface area contributed by atoms with Crippen molar-refractivity contribution in [2.45, 2.75) is 17.7 Å². The van der Waals surface area contributed by atoms with Crippen LogP contribution in [0.2, 0.25) is 5.02 Å². The van der Waals surface area contributed by atoms with Gasteiger partial charge >= 0.3 is 0 Å². The van der Waals surface area contributed by atoms with Crippen LogP contribution in [0.25, 0.3) is 0 Å². The summed E-state index contributed by atoms with van der Waals surface area (Å²) < 4.78 is 0. The average molecular weight is 280 g/mol. The van der Waals surface area contributed by atoms with Crippen molar-refractivity contribution in [1.29, 1.82) is 0 Å². The van der Waals surface area contributed by atoms with Gasteiger partial charge in [-0.1, -0.05) is 17.7 Å². The largest absolute Gasteiger partial charge is 0.370 e. The molecule has 0 aliphatic heterocycles. The molecule has 0 fully saturated rings. The SMILES string of the molecule is CCNc1ccc(CSc2ccc(Cl)cn2)cn1. The number of hydrogen-bond acceptors (Lipinski definition) is 4. The predicted molar refractivity (Wildman–Crippen MR) is 77.2 cm³/mol. The highest BCUT2D eigenvalue weighted by molar-refractivity contribution is 7.98. The Bertz CT molecular complexity index is 485. The van der Waals surface area contributed by atoms with Gasteiger partial charge in [0.05, 0.1) is 10.0 Å². The van der Waals surface area contributed by atoms with E-state index in [1.54, 1.807) is 18.0 Å². The molecule has 0 spiro atoms. The minimum absolute atomic E-state index is 0.663. The molecule has 0 saturated heterocycles. The first kappa shape index (κ1) is 13.2. The van der Waals surface area contributed by atoms with Crippen LogP contribution in [0.15, 0.2) is 41.7 Å². The lowest BCUT2D eigenvalue weighted by Crippen LogP contribution is -1.98. The summed E-state index contributed by atoms with van der Waals surface area (Å²) in [5.41, 5.74) is 1.18. The van der Waals surface area contributed by atoms with Gasteiger partial charge in [0.2, 0.25) is 0 Å². The Labute approximate surface area is 116 Å². The van der Waals surface area contributed by atoms with Gasteiger partial charge in [0.25, 0.3) is 0 Å². The van der Waals surface area contributed by atoms with E-state index < -0.39 is 0 Å². The molecular formula is C13H14ClN3S. The summed E-state index contributed by atoms with van der Waals surface area (Å²) in [5.74, 6) is 1.77. The molecule has 0 aromatic carbocycles. The summed E-state index contributed by atoms with van der Waals surface area (Å²) in [6, 6.07) is 7.85. The average Bonchev–Trinajstić information content (AvgIpc) is 2.40. The second-order valence-corrected chi connectivity index (χ2v) is 5.12. The third-order valence-corrected chi connectivity index (χ3v) is 3.51. The first-order chi connectivity index (χ1) is 8.78. The van der Waals surface area contributed by atoms with Gasteiger partial charge in [-0.05, 0) is 30.7 Å². The van der Waals surface area contributed by atoms with E-state index in [2.05, 4.69) is 28.3 Å². The molecule has 0 bridgehead atoms. The molecular weight excluding hydrogens is 266 g/mol. The van der Waals surface area contributed by atoms with Crippen molar-refractivity contribution in [2.75, 3.05) is 11.9 Å². The fourth-order valence-corrected chi connectivity index (χ4v) is 2.29. The number of hydrogen-bond donors (Lipinski definition) is 1. The first-order valence-corrected chi connectivity index (χ1v) is 7.07. The molecule has 0 amide bonds. The molecule has 2 rings (SSSR count). The topological polar surface area (TPSA) is 37.8 Å². The van der Waals surface area contributed by atoms with Gasteiger partial charge in [0.15, 0.2) is 0 Å². The van der Waals surface area contributed by atoms with Crippen molar-refractivity contribution in [1.82, 2.24) is 9.97 Å². The number of thioether (sulfide) groups is 1. The number of aromatic nitrogens is 2. The van der Waals surface area contributed by atoms with E-state index in [1.165, 1.54) is 5.56 Å². The minimum Gasteiger partial charge on any atom is -0.370 e. The molecule has 3 nitrogen and oxygen atoms in total. The Morgan fingerprint density at radius 1 is 1.17 bits per heavy atom. The van der Waals surface area contributed by atoms with Crippen molar-refractivity contribution < 1.29 is 0 Å². The summed E-state index contributed by atoms with van der Waals surface area (Å²) in [6.45, 7) is 2.94. The minimum atomic E-state index is 0.663. The summed E-state index contributed by atoms with van der Waals surface area (Å²) in [6.07, 6.45) is 3.55. The summed E-state index contributed by atoms with van der Waals surface area (Å²) >= 11 is 7.46. The second-order valence-electron chi connectivity index (χ2n) is 3.69. The summed E-state index contributed by atoms with van der Waals surface area (Å²) in [4.78, 5) is 8.57. The highest BCUT2D eigenvalue weighted by atomic mass is 35.5. The Hall–Kier alpha value is -1.26. The van der Waals surface area contributed by atoms with E-state index in [9.17, 15) is 0 Å². The lowest BCUT2D eigenvalue weighted by Gasteiger charge is -2.04. The lowest BCUT2D eigenvalue weighted by atomic mass is 10.3. The molecule has 1 N–H and O–H groups in total. The lowest BCUT2D eigenvalue weighted by molar-refractivity contribution is 1.12. The normalized spacial score (nSPS) is 10.3. The molecule has 5 heteroatoms. The number of nitrogens with zero attached hydrogens (tertiary/aromatic N) is 2. The fourth-order valence-electron chi connectivity index (χ4n) is 1.40. The number of rotatable bonds is 5. The smallest absolute Gasteiger partial charge is 0.125 e. The van der Waals surface area contributed by atoms with Crippen LogP contribution >= 0.6 is 23.4 Å². The molecule has 2 aromatic rings. The van der Waals surface area contributed by atoms with E-state index in [1.807, 2.05) is 24.4 Å². The van der Waals surface area contributed by atoms with Gasteiger partial charge in [-0.2, -0.15) is 0 Å². The third kappa shape index (κ3) is 3.89. The Balaban J connectivity index is 1.91. The summed E-state index contributed by atoms with van der Waals surface area (Å²) in [5, 5.41) is 4.80. The Morgan fingerprint density at radius 3 is 2.67 bits per heavy atom. The monoisotopic (exact) mass is 279 g/mol. The predicted octanol–water partition coefficient (Wildman–Crippen LogP) is 3.85. The number of halogens is 1. The van der Waals surface area contributed by atoms with Crippen LogP contribution in [0.1, 0.15) is 12.5 Å². The molecule has 0 atom stereocenters.